The molecular weight excluding hydrogens is 268 g/mol. The standard InChI is InChI=1S/C16H30N2O3/c1-15(2,3)21-14(19)18-10-6-9-16(20,11-18)13(17)12-7-4-5-8-12/h12-13,20H,4-11,17H2,1-3H3. The number of carbonyl (C=O) groups excluding carboxylic acids is 1. The molecule has 0 aromatic carbocycles. The average Bonchev–Trinajstić information content (AvgIpc) is 2.89. The Balaban J connectivity index is 2.00. The van der Waals surface area contributed by atoms with Crippen LogP contribution in [0.4, 0.5) is 4.79 Å². The van der Waals surface area contributed by atoms with Gasteiger partial charge < -0.3 is 20.5 Å². The minimum atomic E-state index is -0.968. The Morgan fingerprint density at radius 3 is 2.52 bits per heavy atom. The van der Waals surface area contributed by atoms with Crippen molar-refractivity contribution in [3.63, 3.8) is 0 Å². The fourth-order valence-electron chi connectivity index (χ4n) is 3.57. The third-order valence-electron chi connectivity index (χ3n) is 4.68. The number of ether oxygens (including phenoxy) is 1. The normalized spacial score (nSPS) is 29.5. The van der Waals surface area contributed by atoms with Crippen LogP contribution in [-0.2, 0) is 4.74 Å². The van der Waals surface area contributed by atoms with E-state index in [9.17, 15) is 9.90 Å². The number of rotatable bonds is 2. The summed E-state index contributed by atoms with van der Waals surface area (Å²) in [6, 6.07) is -0.245. The number of hydrogen-bond donors (Lipinski definition) is 2. The fraction of sp³-hybridized carbons (Fsp3) is 0.938. The lowest BCUT2D eigenvalue weighted by atomic mass is 9.79. The maximum atomic E-state index is 12.2. The van der Waals surface area contributed by atoms with Gasteiger partial charge in [-0.05, 0) is 52.4 Å². The van der Waals surface area contributed by atoms with Crippen molar-refractivity contribution in [3.8, 4) is 0 Å². The van der Waals surface area contributed by atoms with Crippen LogP contribution >= 0.6 is 0 Å². The van der Waals surface area contributed by atoms with Gasteiger partial charge in [0.05, 0.1) is 12.1 Å². The van der Waals surface area contributed by atoms with E-state index >= 15 is 0 Å². The van der Waals surface area contributed by atoms with E-state index in [0.29, 0.717) is 25.4 Å². The Kier molecular flexibility index (Phi) is 4.83. The van der Waals surface area contributed by atoms with Crippen LogP contribution in [0.1, 0.15) is 59.3 Å². The molecule has 2 rings (SSSR count). The molecule has 1 amide bonds. The fourth-order valence-corrected chi connectivity index (χ4v) is 3.57. The zero-order valence-electron chi connectivity index (χ0n) is 13.6. The van der Waals surface area contributed by atoms with Gasteiger partial charge >= 0.3 is 6.09 Å². The van der Waals surface area contributed by atoms with Gasteiger partial charge in [0.1, 0.15) is 5.60 Å². The molecule has 2 unspecified atom stereocenters. The van der Waals surface area contributed by atoms with Gasteiger partial charge in [-0.3, -0.25) is 0 Å². The van der Waals surface area contributed by atoms with Crippen molar-refractivity contribution in [2.45, 2.75) is 76.5 Å². The molecule has 1 aliphatic heterocycles. The molecule has 3 N–H and O–H groups in total. The summed E-state index contributed by atoms with van der Waals surface area (Å²) in [5.41, 5.74) is 4.87. The molecule has 2 fully saturated rings. The Hall–Kier alpha value is -0.810. The molecule has 2 atom stereocenters. The molecule has 5 heteroatoms. The van der Waals surface area contributed by atoms with Gasteiger partial charge in [-0.25, -0.2) is 4.79 Å². The van der Waals surface area contributed by atoms with Crippen molar-refractivity contribution in [3.05, 3.63) is 0 Å². The van der Waals surface area contributed by atoms with E-state index in [1.165, 1.54) is 12.8 Å². The average molecular weight is 298 g/mol. The van der Waals surface area contributed by atoms with Gasteiger partial charge in [0, 0.05) is 12.6 Å². The lowest BCUT2D eigenvalue weighted by Crippen LogP contribution is -2.61. The van der Waals surface area contributed by atoms with Crippen LogP contribution in [0, 0.1) is 5.92 Å². The van der Waals surface area contributed by atoms with E-state index in [1.807, 2.05) is 20.8 Å². The Bertz CT molecular complexity index is 374. The van der Waals surface area contributed by atoms with E-state index in [2.05, 4.69) is 0 Å². The first-order valence-corrected chi connectivity index (χ1v) is 8.17. The van der Waals surface area contributed by atoms with E-state index < -0.39 is 11.2 Å². The summed E-state index contributed by atoms with van der Waals surface area (Å²) in [5, 5.41) is 10.9. The maximum Gasteiger partial charge on any atom is 0.410 e. The number of hydrogen-bond acceptors (Lipinski definition) is 4. The number of β-amino-alcohol motifs (C(OH)–C–C–N with tert-alkyl or cyclic N) is 1. The summed E-state index contributed by atoms with van der Waals surface area (Å²) in [5.74, 6) is 0.383. The highest BCUT2D eigenvalue weighted by Gasteiger charge is 2.44. The highest BCUT2D eigenvalue weighted by molar-refractivity contribution is 5.68. The van der Waals surface area contributed by atoms with Crippen LogP contribution in [0.5, 0.6) is 0 Å². The number of amides is 1. The monoisotopic (exact) mass is 298 g/mol. The smallest absolute Gasteiger partial charge is 0.410 e. The summed E-state index contributed by atoms with van der Waals surface area (Å²) in [6.45, 7) is 6.48. The Labute approximate surface area is 127 Å². The SMILES string of the molecule is CC(C)(C)OC(=O)N1CCCC(O)(C(N)C2CCCC2)C1. The first-order valence-electron chi connectivity index (χ1n) is 8.17. The molecule has 122 valence electrons. The number of likely N-dealkylation sites (tertiary alicyclic amines) is 1. The first-order chi connectivity index (χ1) is 9.71. The van der Waals surface area contributed by atoms with Crippen LogP contribution in [0.25, 0.3) is 0 Å². The number of aliphatic hydroxyl groups is 1. The van der Waals surface area contributed by atoms with Crippen LogP contribution in [0.15, 0.2) is 0 Å². The molecule has 1 aliphatic carbocycles. The van der Waals surface area contributed by atoms with Crippen molar-refractivity contribution in [1.29, 1.82) is 0 Å². The largest absolute Gasteiger partial charge is 0.444 e. The molecule has 0 aromatic heterocycles. The predicted molar refractivity (Wildman–Crippen MR) is 81.9 cm³/mol. The molecule has 1 saturated heterocycles. The Morgan fingerprint density at radius 1 is 1.33 bits per heavy atom. The van der Waals surface area contributed by atoms with Gasteiger partial charge in [0.15, 0.2) is 0 Å². The minimum absolute atomic E-state index is 0.245. The summed E-state index contributed by atoms with van der Waals surface area (Å²) in [7, 11) is 0. The molecule has 0 bridgehead atoms. The number of nitrogens with two attached hydrogens (primary N) is 1. The molecule has 0 aromatic rings. The first kappa shape index (κ1) is 16.6. The van der Waals surface area contributed by atoms with Crippen LogP contribution < -0.4 is 5.73 Å². The lowest BCUT2D eigenvalue weighted by molar-refractivity contribution is -0.0666. The molecule has 1 heterocycles. The second kappa shape index (κ2) is 6.13. The Morgan fingerprint density at radius 2 is 1.95 bits per heavy atom. The topological polar surface area (TPSA) is 75.8 Å². The molecule has 0 radical (unpaired) electrons. The number of nitrogens with zero attached hydrogens (tertiary/aromatic N) is 1. The maximum absolute atomic E-state index is 12.2. The van der Waals surface area contributed by atoms with Crippen LogP contribution in [-0.4, -0.2) is 46.4 Å². The minimum Gasteiger partial charge on any atom is -0.444 e. The third kappa shape index (κ3) is 4.10. The molecule has 1 saturated carbocycles. The highest BCUT2D eigenvalue weighted by Crippen LogP contribution is 2.35. The molecule has 5 nitrogen and oxygen atoms in total. The van der Waals surface area contributed by atoms with E-state index in [4.69, 9.17) is 10.5 Å². The zero-order valence-corrected chi connectivity index (χ0v) is 13.6. The van der Waals surface area contributed by atoms with Crippen LogP contribution in [0.3, 0.4) is 0 Å². The second-order valence-electron chi connectivity index (χ2n) is 7.68. The van der Waals surface area contributed by atoms with Crippen molar-refractivity contribution < 1.29 is 14.6 Å². The van der Waals surface area contributed by atoms with E-state index in [1.54, 1.807) is 4.90 Å². The zero-order chi connectivity index (χ0) is 15.7. The summed E-state index contributed by atoms with van der Waals surface area (Å²) >= 11 is 0. The van der Waals surface area contributed by atoms with Gasteiger partial charge in [0.2, 0.25) is 0 Å². The van der Waals surface area contributed by atoms with E-state index in [0.717, 1.165) is 19.3 Å². The van der Waals surface area contributed by atoms with Gasteiger partial charge in [0.25, 0.3) is 0 Å². The second-order valence-corrected chi connectivity index (χ2v) is 7.68. The lowest BCUT2D eigenvalue weighted by Gasteiger charge is -2.44. The van der Waals surface area contributed by atoms with Gasteiger partial charge in [-0.2, -0.15) is 0 Å². The molecule has 21 heavy (non-hydrogen) atoms. The highest BCUT2D eigenvalue weighted by atomic mass is 16.6. The van der Waals surface area contributed by atoms with Crippen LogP contribution in [0.2, 0.25) is 0 Å². The number of piperidine rings is 1. The summed E-state index contributed by atoms with van der Waals surface area (Å²) in [6.07, 6.45) is 5.68. The predicted octanol–water partition coefficient (Wildman–Crippen LogP) is 2.27. The summed E-state index contributed by atoms with van der Waals surface area (Å²) < 4.78 is 5.41. The van der Waals surface area contributed by atoms with Crippen molar-refractivity contribution >= 4 is 6.09 Å². The van der Waals surface area contributed by atoms with Gasteiger partial charge in [-0.1, -0.05) is 12.8 Å². The summed E-state index contributed by atoms with van der Waals surface area (Å²) in [4.78, 5) is 13.8. The molecular formula is C16H30N2O3. The quantitative estimate of drug-likeness (QED) is 0.820. The molecule has 0 spiro atoms. The number of carbonyl (C=O) groups is 1. The third-order valence-corrected chi connectivity index (χ3v) is 4.68. The van der Waals surface area contributed by atoms with E-state index in [-0.39, 0.29) is 12.1 Å². The van der Waals surface area contributed by atoms with Gasteiger partial charge in [-0.15, -0.1) is 0 Å². The van der Waals surface area contributed by atoms with Crippen molar-refractivity contribution in [1.82, 2.24) is 4.90 Å². The van der Waals surface area contributed by atoms with Crippen molar-refractivity contribution in [2.24, 2.45) is 11.7 Å². The molecule has 2 aliphatic rings. The van der Waals surface area contributed by atoms with Crippen molar-refractivity contribution in [2.75, 3.05) is 13.1 Å².